The molecule has 0 heterocycles. The van der Waals surface area contributed by atoms with Crippen LogP contribution in [0.4, 0.5) is 0 Å². The highest BCUT2D eigenvalue weighted by Gasteiger charge is 2.36. The Morgan fingerprint density at radius 3 is 1.30 bits per heavy atom. The van der Waals surface area contributed by atoms with Gasteiger partial charge in [0.15, 0.2) is 52.1 Å². The molecule has 0 N–H and O–H groups in total. The molecule has 0 saturated heterocycles. The average molecular weight is 565 g/mol. The third kappa shape index (κ3) is 14.5. The second kappa shape index (κ2) is 14.2. The lowest BCUT2D eigenvalue weighted by Gasteiger charge is -2.40. The SMILES string of the molecule is C[SiH](C)O[Si](C)(C)CCC1CCC(CC[Si](C)(C)O[SiH](C)C)C(CC[Si](C)(C)O[SiH](C)C)C1. The maximum atomic E-state index is 6.54. The van der Waals surface area contributed by atoms with E-state index < -0.39 is 52.1 Å². The van der Waals surface area contributed by atoms with Gasteiger partial charge in [0.25, 0.3) is 0 Å². The van der Waals surface area contributed by atoms with Crippen molar-refractivity contribution in [3.63, 3.8) is 0 Å². The molecule has 3 nitrogen and oxygen atoms in total. The first-order chi connectivity index (χ1) is 15.0. The van der Waals surface area contributed by atoms with E-state index in [2.05, 4.69) is 78.6 Å². The van der Waals surface area contributed by atoms with Crippen LogP contribution < -0.4 is 0 Å². The molecule has 198 valence electrons. The van der Waals surface area contributed by atoms with E-state index in [9.17, 15) is 0 Å². The minimum absolute atomic E-state index is 0.902. The fourth-order valence-corrected chi connectivity index (χ4v) is 26.1. The van der Waals surface area contributed by atoms with Crippen LogP contribution in [0.2, 0.25) is 96.7 Å². The molecule has 3 unspecified atom stereocenters. The second-order valence-corrected chi connectivity index (χ2v) is 34.8. The number of hydrogen-bond donors (Lipinski definition) is 0. The first-order valence-corrected chi connectivity index (χ1v) is 31.7. The molecular weight excluding hydrogens is 505 g/mol. The Bertz CT molecular complexity index is 554. The van der Waals surface area contributed by atoms with Gasteiger partial charge in [0.1, 0.15) is 0 Å². The molecule has 1 aliphatic rings. The van der Waals surface area contributed by atoms with Crippen molar-refractivity contribution in [3.05, 3.63) is 0 Å². The van der Waals surface area contributed by atoms with Crippen LogP contribution in [0.15, 0.2) is 0 Å². The van der Waals surface area contributed by atoms with Crippen LogP contribution in [0.5, 0.6) is 0 Å². The molecule has 0 spiro atoms. The van der Waals surface area contributed by atoms with Crippen molar-refractivity contribution in [2.45, 2.75) is 135 Å². The summed E-state index contributed by atoms with van der Waals surface area (Å²) in [5, 5.41) is 0. The molecule has 0 aliphatic heterocycles. The third-order valence-electron chi connectivity index (χ3n) is 7.30. The zero-order valence-electron chi connectivity index (χ0n) is 24.6. The molecule has 9 heteroatoms. The van der Waals surface area contributed by atoms with Gasteiger partial charge >= 0.3 is 0 Å². The van der Waals surface area contributed by atoms with Gasteiger partial charge in [0.2, 0.25) is 0 Å². The van der Waals surface area contributed by atoms with E-state index in [1.165, 1.54) is 56.7 Å². The summed E-state index contributed by atoms with van der Waals surface area (Å²) in [6.45, 7) is 28.8. The van der Waals surface area contributed by atoms with Crippen LogP contribution >= 0.6 is 0 Å². The highest BCUT2D eigenvalue weighted by atomic mass is 28.4. The second-order valence-electron chi connectivity index (χ2n) is 13.6. The standard InChI is InChI=1S/C24H60O3Si6/c1-28(2)25-31(7,8)18-15-22-13-14-23(16-19-32(9,10)26-29(3)4)24(21-22)17-20-33(11,12)27-30(5)6/h22-24,28-30H,13-21H2,1-12H3. The Hall–Kier alpha value is 1.18. The van der Waals surface area contributed by atoms with Crippen LogP contribution in [-0.2, 0) is 12.3 Å². The van der Waals surface area contributed by atoms with Gasteiger partial charge in [0.05, 0.1) is 0 Å². The lowest BCUT2D eigenvalue weighted by Crippen LogP contribution is -2.38. The van der Waals surface area contributed by atoms with Crippen molar-refractivity contribution in [1.82, 2.24) is 0 Å². The molecule has 1 saturated carbocycles. The minimum atomic E-state index is -1.51. The van der Waals surface area contributed by atoms with E-state index in [1.807, 2.05) is 0 Å². The molecule has 1 rings (SSSR count). The van der Waals surface area contributed by atoms with Crippen LogP contribution in [0, 0.1) is 17.8 Å². The smallest absolute Gasteiger partial charge is 0.173 e. The molecule has 0 bridgehead atoms. The molecule has 33 heavy (non-hydrogen) atoms. The summed E-state index contributed by atoms with van der Waals surface area (Å²) < 4.78 is 19.5. The summed E-state index contributed by atoms with van der Waals surface area (Å²) in [5.41, 5.74) is 0. The first kappa shape index (κ1) is 32.2. The van der Waals surface area contributed by atoms with E-state index in [1.54, 1.807) is 0 Å². The lowest BCUT2D eigenvalue weighted by molar-refractivity contribution is 0.164. The average Bonchev–Trinajstić information content (AvgIpc) is 2.60. The molecule has 3 atom stereocenters. The molecule has 0 aromatic rings. The van der Waals surface area contributed by atoms with Gasteiger partial charge in [-0.3, -0.25) is 0 Å². The Morgan fingerprint density at radius 1 is 0.545 bits per heavy atom. The van der Waals surface area contributed by atoms with Gasteiger partial charge < -0.3 is 12.3 Å². The molecule has 0 aromatic carbocycles. The predicted octanol–water partition coefficient (Wildman–Crippen LogP) is 7.80. The summed E-state index contributed by atoms with van der Waals surface area (Å²) in [4.78, 5) is 0. The molecule has 1 aliphatic carbocycles. The van der Waals surface area contributed by atoms with Crippen molar-refractivity contribution >= 4 is 52.1 Å². The molecular formula is C24H60O3Si6. The Balaban J connectivity index is 2.77. The number of rotatable bonds is 15. The monoisotopic (exact) mass is 564 g/mol. The normalized spacial score (nSPS) is 23.2. The maximum absolute atomic E-state index is 6.54. The third-order valence-corrected chi connectivity index (χ3v) is 25.1. The van der Waals surface area contributed by atoms with E-state index in [0.29, 0.717) is 0 Å². The zero-order chi connectivity index (χ0) is 25.4. The van der Waals surface area contributed by atoms with Crippen LogP contribution in [-0.4, -0.2) is 52.1 Å². The zero-order valence-corrected chi connectivity index (χ0v) is 31.0. The summed E-state index contributed by atoms with van der Waals surface area (Å²) in [6, 6.07) is 4.06. The molecule has 0 radical (unpaired) electrons. The topological polar surface area (TPSA) is 27.7 Å². The Morgan fingerprint density at radius 2 is 0.909 bits per heavy atom. The van der Waals surface area contributed by atoms with E-state index >= 15 is 0 Å². The quantitative estimate of drug-likeness (QED) is 0.190. The van der Waals surface area contributed by atoms with Crippen molar-refractivity contribution < 1.29 is 12.3 Å². The van der Waals surface area contributed by atoms with Gasteiger partial charge in [-0.1, -0.05) is 25.7 Å². The lowest BCUT2D eigenvalue weighted by atomic mass is 9.71. The van der Waals surface area contributed by atoms with Crippen LogP contribution in [0.25, 0.3) is 0 Å². The van der Waals surface area contributed by atoms with Crippen molar-refractivity contribution in [1.29, 1.82) is 0 Å². The summed E-state index contributed by atoms with van der Waals surface area (Å²) in [7, 11) is -7.26. The fraction of sp³-hybridized carbons (Fsp3) is 1.00. The van der Waals surface area contributed by atoms with E-state index in [0.717, 1.165) is 17.8 Å². The number of hydrogen-bond acceptors (Lipinski definition) is 3. The Kier molecular flexibility index (Phi) is 13.9. The Labute approximate surface area is 216 Å². The van der Waals surface area contributed by atoms with Gasteiger partial charge in [-0.05, 0) is 127 Å². The predicted molar refractivity (Wildman–Crippen MR) is 165 cm³/mol. The van der Waals surface area contributed by atoms with E-state index in [4.69, 9.17) is 12.3 Å². The van der Waals surface area contributed by atoms with Gasteiger partial charge in [-0.2, -0.15) is 0 Å². The van der Waals surface area contributed by atoms with Gasteiger partial charge in [0, 0.05) is 0 Å². The maximum Gasteiger partial charge on any atom is 0.173 e. The van der Waals surface area contributed by atoms with Crippen LogP contribution in [0.1, 0.15) is 38.5 Å². The minimum Gasteiger partial charge on any atom is -0.458 e. The van der Waals surface area contributed by atoms with E-state index in [-0.39, 0.29) is 0 Å². The highest BCUT2D eigenvalue weighted by Crippen LogP contribution is 2.43. The fourth-order valence-electron chi connectivity index (χ4n) is 6.13. The molecule has 1 fully saturated rings. The van der Waals surface area contributed by atoms with Crippen molar-refractivity contribution in [3.8, 4) is 0 Å². The first-order valence-electron chi connectivity index (χ1n) is 14.0. The summed E-state index contributed by atoms with van der Waals surface area (Å²) in [5.74, 6) is 2.74. The molecule has 0 aromatic heterocycles. The summed E-state index contributed by atoms with van der Waals surface area (Å²) >= 11 is 0. The summed E-state index contributed by atoms with van der Waals surface area (Å²) in [6.07, 6.45) is 8.56. The van der Waals surface area contributed by atoms with Crippen molar-refractivity contribution in [2.24, 2.45) is 17.8 Å². The van der Waals surface area contributed by atoms with Crippen molar-refractivity contribution in [2.75, 3.05) is 0 Å². The molecule has 0 amide bonds. The highest BCUT2D eigenvalue weighted by molar-refractivity contribution is 6.78. The van der Waals surface area contributed by atoms with Crippen LogP contribution in [0.3, 0.4) is 0 Å². The largest absolute Gasteiger partial charge is 0.458 e. The van der Waals surface area contributed by atoms with Gasteiger partial charge in [-0.25, -0.2) is 0 Å². The van der Waals surface area contributed by atoms with Gasteiger partial charge in [-0.15, -0.1) is 0 Å².